The van der Waals surface area contributed by atoms with Gasteiger partial charge in [0.05, 0.1) is 30.6 Å². The number of carbonyl (C=O) groups is 1. The van der Waals surface area contributed by atoms with Crippen LogP contribution in [0.1, 0.15) is 18.4 Å². The van der Waals surface area contributed by atoms with E-state index in [1.807, 2.05) is 6.07 Å². The summed E-state index contributed by atoms with van der Waals surface area (Å²) >= 11 is 6.12. The van der Waals surface area contributed by atoms with E-state index in [9.17, 15) is 13.2 Å². The SMILES string of the molecule is COc1ccc(S(=O)(=O)NC2CCN(C(=O)Cc3ccc(OC)c(Cl)c3)CC2)cc1. The highest BCUT2D eigenvalue weighted by Gasteiger charge is 2.26. The lowest BCUT2D eigenvalue weighted by atomic mass is 10.0. The second-order valence-corrected chi connectivity index (χ2v) is 9.22. The monoisotopic (exact) mass is 452 g/mol. The molecule has 2 aromatic carbocycles. The Morgan fingerprint density at radius 1 is 1.10 bits per heavy atom. The highest BCUT2D eigenvalue weighted by molar-refractivity contribution is 7.89. The number of halogens is 1. The summed E-state index contributed by atoms with van der Waals surface area (Å²) in [4.78, 5) is 14.6. The molecule has 0 spiro atoms. The van der Waals surface area contributed by atoms with Gasteiger partial charge in [0.2, 0.25) is 15.9 Å². The summed E-state index contributed by atoms with van der Waals surface area (Å²) in [7, 11) is -0.550. The zero-order chi connectivity index (χ0) is 21.7. The van der Waals surface area contributed by atoms with Gasteiger partial charge in [-0.1, -0.05) is 17.7 Å². The van der Waals surface area contributed by atoms with Crippen LogP contribution in [0.5, 0.6) is 11.5 Å². The van der Waals surface area contributed by atoms with Gasteiger partial charge in [0, 0.05) is 19.1 Å². The van der Waals surface area contributed by atoms with Crippen molar-refractivity contribution >= 4 is 27.5 Å². The molecule has 162 valence electrons. The zero-order valence-electron chi connectivity index (χ0n) is 16.9. The number of rotatable bonds is 7. The molecule has 30 heavy (non-hydrogen) atoms. The Labute approximate surface area is 182 Å². The van der Waals surface area contributed by atoms with E-state index in [1.165, 1.54) is 19.2 Å². The van der Waals surface area contributed by atoms with E-state index < -0.39 is 10.0 Å². The first kappa shape index (κ1) is 22.4. The van der Waals surface area contributed by atoms with Crippen LogP contribution >= 0.6 is 11.6 Å². The summed E-state index contributed by atoms with van der Waals surface area (Å²) < 4.78 is 38.1. The number of nitrogens with one attached hydrogen (secondary N) is 1. The van der Waals surface area contributed by atoms with E-state index in [2.05, 4.69) is 4.72 Å². The van der Waals surface area contributed by atoms with Crippen molar-refractivity contribution in [2.24, 2.45) is 0 Å². The van der Waals surface area contributed by atoms with Crippen molar-refractivity contribution in [2.75, 3.05) is 27.3 Å². The van der Waals surface area contributed by atoms with E-state index in [4.69, 9.17) is 21.1 Å². The molecule has 1 amide bonds. The summed E-state index contributed by atoms with van der Waals surface area (Å²) in [6, 6.07) is 11.3. The second kappa shape index (κ2) is 9.68. The molecule has 1 heterocycles. The summed E-state index contributed by atoms with van der Waals surface area (Å²) in [5.74, 6) is 1.16. The predicted octanol–water partition coefficient (Wildman–Crippen LogP) is 2.87. The van der Waals surface area contributed by atoms with Crippen LogP contribution in [0.25, 0.3) is 0 Å². The molecule has 0 aliphatic carbocycles. The number of nitrogens with zero attached hydrogens (tertiary/aromatic N) is 1. The number of carbonyl (C=O) groups excluding carboxylic acids is 1. The largest absolute Gasteiger partial charge is 0.497 e. The fourth-order valence-electron chi connectivity index (χ4n) is 3.40. The summed E-state index contributed by atoms with van der Waals surface area (Å²) in [5.41, 5.74) is 0.813. The van der Waals surface area contributed by atoms with Crippen LogP contribution in [0.4, 0.5) is 0 Å². The number of sulfonamides is 1. The van der Waals surface area contributed by atoms with Crippen molar-refractivity contribution in [3.8, 4) is 11.5 Å². The molecule has 1 N–H and O–H groups in total. The van der Waals surface area contributed by atoms with E-state index in [1.54, 1.807) is 36.3 Å². The molecule has 1 aliphatic rings. The van der Waals surface area contributed by atoms with Crippen LogP contribution in [0.2, 0.25) is 5.02 Å². The Morgan fingerprint density at radius 3 is 2.33 bits per heavy atom. The van der Waals surface area contributed by atoms with E-state index >= 15 is 0 Å². The lowest BCUT2D eigenvalue weighted by Crippen LogP contribution is -2.46. The van der Waals surface area contributed by atoms with Gasteiger partial charge >= 0.3 is 0 Å². The Kier molecular flexibility index (Phi) is 7.23. The van der Waals surface area contributed by atoms with Crippen LogP contribution in [0, 0.1) is 0 Å². The maximum Gasteiger partial charge on any atom is 0.240 e. The highest BCUT2D eigenvalue weighted by Crippen LogP contribution is 2.25. The molecule has 0 saturated carbocycles. The molecule has 1 saturated heterocycles. The van der Waals surface area contributed by atoms with Gasteiger partial charge in [-0.15, -0.1) is 0 Å². The fraction of sp³-hybridized carbons (Fsp3) is 0.381. The third-order valence-corrected chi connectivity index (χ3v) is 6.94. The molecule has 9 heteroatoms. The molecule has 1 fully saturated rings. The Hall–Kier alpha value is -2.29. The third-order valence-electron chi connectivity index (χ3n) is 5.11. The molecule has 2 aromatic rings. The van der Waals surface area contributed by atoms with Gasteiger partial charge in [0.25, 0.3) is 0 Å². The number of hydrogen-bond donors (Lipinski definition) is 1. The summed E-state index contributed by atoms with van der Waals surface area (Å²) in [6.07, 6.45) is 1.36. The van der Waals surface area contributed by atoms with Crippen molar-refractivity contribution in [1.82, 2.24) is 9.62 Å². The van der Waals surface area contributed by atoms with Crippen LogP contribution in [-0.4, -0.2) is 52.6 Å². The minimum absolute atomic E-state index is 0.00676. The Bertz CT molecular complexity index is 987. The van der Waals surface area contributed by atoms with Crippen molar-refractivity contribution < 1.29 is 22.7 Å². The standard InChI is InChI=1S/C21H25ClN2O5S/c1-28-17-4-6-18(7-5-17)30(26,27)23-16-9-11-24(12-10-16)21(25)14-15-3-8-20(29-2)19(22)13-15/h3-8,13,16,23H,9-12,14H2,1-2H3. The molecular formula is C21H25ClN2O5S. The molecule has 0 radical (unpaired) electrons. The van der Waals surface area contributed by atoms with Gasteiger partial charge in [-0.3, -0.25) is 4.79 Å². The maximum atomic E-state index is 12.6. The number of likely N-dealkylation sites (tertiary alicyclic amines) is 1. The lowest BCUT2D eigenvalue weighted by Gasteiger charge is -2.32. The molecule has 1 aliphatic heterocycles. The topological polar surface area (TPSA) is 84.9 Å². The van der Waals surface area contributed by atoms with Gasteiger partial charge in [0.15, 0.2) is 0 Å². The average Bonchev–Trinajstić information content (AvgIpc) is 2.74. The van der Waals surface area contributed by atoms with Crippen LogP contribution in [0.15, 0.2) is 47.4 Å². The number of hydrogen-bond acceptors (Lipinski definition) is 5. The van der Waals surface area contributed by atoms with Crippen LogP contribution in [0.3, 0.4) is 0 Å². The first-order valence-electron chi connectivity index (χ1n) is 9.59. The van der Waals surface area contributed by atoms with Crippen molar-refractivity contribution in [1.29, 1.82) is 0 Å². The van der Waals surface area contributed by atoms with Gasteiger partial charge in [-0.25, -0.2) is 13.1 Å². The normalized spacial score (nSPS) is 15.1. The number of piperidine rings is 1. The number of benzene rings is 2. The average molecular weight is 453 g/mol. The quantitative estimate of drug-likeness (QED) is 0.698. The Balaban J connectivity index is 1.53. The highest BCUT2D eigenvalue weighted by atomic mass is 35.5. The molecule has 0 unspecified atom stereocenters. The number of methoxy groups -OCH3 is 2. The molecule has 0 atom stereocenters. The molecule has 3 rings (SSSR count). The molecule has 0 bridgehead atoms. The lowest BCUT2D eigenvalue weighted by molar-refractivity contribution is -0.131. The fourth-order valence-corrected chi connectivity index (χ4v) is 4.98. The second-order valence-electron chi connectivity index (χ2n) is 7.10. The molecule has 7 nitrogen and oxygen atoms in total. The number of amides is 1. The van der Waals surface area contributed by atoms with E-state index in [0.29, 0.717) is 42.5 Å². The van der Waals surface area contributed by atoms with Gasteiger partial charge in [0.1, 0.15) is 11.5 Å². The van der Waals surface area contributed by atoms with E-state index in [0.717, 1.165) is 5.56 Å². The molecular weight excluding hydrogens is 428 g/mol. The Morgan fingerprint density at radius 2 is 1.77 bits per heavy atom. The smallest absolute Gasteiger partial charge is 0.240 e. The zero-order valence-corrected chi connectivity index (χ0v) is 18.5. The minimum atomic E-state index is -3.62. The van der Waals surface area contributed by atoms with Crippen LogP contribution < -0.4 is 14.2 Å². The number of ether oxygens (including phenoxy) is 2. The molecule has 0 aromatic heterocycles. The van der Waals surface area contributed by atoms with Gasteiger partial charge in [-0.2, -0.15) is 0 Å². The van der Waals surface area contributed by atoms with Crippen LogP contribution in [-0.2, 0) is 21.2 Å². The first-order valence-corrected chi connectivity index (χ1v) is 11.4. The third kappa shape index (κ3) is 5.44. The van der Waals surface area contributed by atoms with Crippen molar-refractivity contribution in [2.45, 2.75) is 30.2 Å². The summed E-state index contributed by atoms with van der Waals surface area (Å²) in [5, 5.41) is 0.467. The van der Waals surface area contributed by atoms with Gasteiger partial charge < -0.3 is 14.4 Å². The maximum absolute atomic E-state index is 12.6. The first-order chi connectivity index (χ1) is 14.3. The van der Waals surface area contributed by atoms with Gasteiger partial charge in [-0.05, 0) is 54.8 Å². The van der Waals surface area contributed by atoms with Crippen molar-refractivity contribution in [3.05, 3.63) is 53.1 Å². The van der Waals surface area contributed by atoms with Crippen molar-refractivity contribution in [3.63, 3.8) is 0 Å². The minimum Gasteiger partial charge on any atom is -0.497 e. The summed E-state index contributed by atoms with van der Waals surface area (Å²) in [6.45, 7) is 0.997. The van der Waals surface area contributed by atoms with E-state index in [-0.39, 0.29) is 23.3 Å². The predicted molar refractivity (Wildman–Crippen MR) is 115 cm³/mol.